The molecule has 8 nitrogen and oxygen atoms in total. The van der Waals surface area contributed by atoms with E-state index in [1.165, 1.54) is 4.90 Å². The van der Waals surface area contributed by atoms with Crippen LogP contribution in [0.5, 0.6) is 11.5 Å². The zero-order valence-electron chi connectivity index (χ0n) is 22.6. The van der Waals surface area contributed by atoms with Crippen LogP contribution in [0.2, 0.25) is 10.0 Å². The van der Waals surface area contributed by atoms with Gasteiger partial charge >= 0.3 is 0 Å². The molecule has 214 valence electrons. The Kier molecular flexibility index (Phi) is 11.2. The van der Waals surface area contributed by atoms with Gasteiger partial charge in [-0.1, -0.05) is 60.8 Å². The molecule has 0 spiro atoms. The minimum absolute atomic E-state index is 0.0152. The van der Waals surface area contributed by atoms with Crippen molar-refractivity contribution in [3.05, 3.63) is 88.4 Å². The first-order chi connectivity index (χ1) is 19.0. The van der Waals surface area contributed by atoms with Crippen LogP contribution in [0.4, 0.5) is 5.69 Å². The third-order valence-electron chi connectivity index (χ3n) is 6.14. The number of nitrogens with one attached hydrogen (secondary N) is 1. The van der Waals surface area contributed by atoms with E-state index in [0.717, 1.165) is 23.4 Å². The summed E-state index contributed by atoms with van der Waals surface area (Å²) >= 11 is 12.4. The summed E-state index contributed by atoms with van der Waals surface area (Å²) in [6, 6.07) is 19.5. The van der Waals surface area contributed by atoms with Crippen molar-refractivity contribution in [2.45, 2.75) is 39.3 Å². The summed E-state index contributed by atoms with van der Waals surface area (Å²) in [6.45, 7) is 3.54. The maximum atomic E-state index is 13.7. The largest absolute Gasteiger partial charge is 0.457 e. The zero-order chi connectivity index (χ0) is 29.3. The molecule has 3 aromatic rings. The average Bonchev–Trinajstić information content (AvgIpc) is 2.91. The summed E-state index contributed by atoms with van der Waals surface area (Å²) in [5.41, 5.74) is 0.849. The van der Waals surface area contributed by atoms with Crippen LogP contribution < -0.4 is 14.4 Å². The summed E-state index contributed by atoms with van der Waals surface area (Å²) in [7, 11) is -3.87. The van der Waals surface area contributed by atoms with Crippen LogP contribution in [0.25, 0.3) is 0 Å². The minimum Gasteiger partial charge on any atom is -0.457 e. The van der Waals surface area contributed by atoms with Gasteiger partial charge in [-0.2, -0.15) is 0 Å². The van der Waals surface area contributed by atoms with Crippen molar-refractivity contribution in [1.29, 1.82) is 0 Å². The molecule has 0 aromatic heterocycles. The SMILES string of the molecule is CCCCNC(=O)[C@H](C)N(Cc1ccc(Cl)cc1Cl)C(=O)CN(c1ccc(Oc2ccccc2)cc1)S(C)(=O)=O. The van der Waals surface area contributed by atoms with E-state index in [1.54, 1.807) is 61.5 Å². The second-order valence-corrected chi connectivity index (χ2v) is 12.0. The van der Waals surface area contributed by atoms with Crippen molar-refractivity contribution in [2.24, 2.45) is 0 Å². The van der Waals surface area contributed by atoms with Crippen molar-refractivity contribution in [3.8, 4) is 11.5 Å². The van der Waals surface area contributed by atoms with E-state index in [1.807, 2.05) is 25.1 Å². The Morgan fingerprint density at radius 1 is 0.975 bits per heavy atom. The Balaban J connectivity index is 1.86. The van der Waals surface area contributed by atoms with E-state index in [2.05, 4.69) is 5.32 Å². The van der Waals surface area contributed by atoms with Crippen LogP contribution in [0.15, 0.2) is 72.8 Å². The Morgan fingerprint density at radius 2 is 1.62 bits per heavy atom. The van der Waals surface area contributed by atoms with Gasteiger partial charge in [-0.3, -0.25) is 13.9 Å². The quantitative estimate of drug-likeness (QED) is 0.245. The third kappa shape index (κ3) is 8.87. The molecule has 0 radical (unpaired) electrons. The highest BCUT2D eigenvalue weighted by Crippen LogP contribution is 2.27. The summed E-state index contributed by atoms with van der Waals surface area (Å²) in [6.07, 6.45) is 2.72. The summed E-state index contributed by atoms with van der Waals surface area (Å²) in [4.78, 5) is 27.9. The normalized spacial score (nSPS) is 11.9. The minimum atomic E-state index is -3.87. The van der Waals surface area contributed by atoms with Gasteiger partial charge in [0.05, 0.1) is 11.9 Å². The molecule has 40 heavy (non-hydrogen) atoms. The molecule has 0 aliphatic carbocycles. The predicted octanol–water partition coefficient (Wildman–Crippen LogP) is 5.89. The van der Waals surface area contributed by atoms with Crippen LogP contribution in [0.1, 0.15) is 32.3 Å². The van der Waals surface area contributed by atoms with Crippen LogP contribution >= 0.6 is 23.2 Å². The van der Waals surface area contributed by atoms with Gasteiger partial charge in [-0.05, 0) is 67.4 Å². The zero-order valence-corrected chi connectivity index (χ0v) is 25.0. The van der Waals surface area contributed by atoms with Gasteiger partial charge in [-0.25, -0.2) is 8.42 Å². The van der Waals surface area contributed by atoms with Gasteiger partial charge in [0.2, 0.25) is 21.8 Å². The number of sulfonamides is 1. The molecule has 0 saturated heterocycles. The molecule has 1 N–H and O–H groups in total. The predicted molar refractivity (Wildman–Crippen MR) is 160 cm³/mol. The fraction of sp³-hybridized carbons (Fsp3) is 0.310. The van der Waals surface area contributed by atoms with E-state index in [4.69, 9.17) is 27.9 Å². The molecular formula is C29H33Cl2N3O5S. The lowest BCUT2D eigenvalue weighted by Gasteiger charge is -2.31. The van der Waals surface area contributed by atoms with Gasteiger partial charge in [0.1, 0.15) is 24.1 Å². The second kappa shape index (κ2) is 14.4. The number of halogens is 2. The monoisotopic (exact) mass is 605 g/mol. The highest BCUT2D eigenvalue weighted by Gasteiger charge is 2.30. The van der Waals surface area contributed by atoms with Crippen LogP contribution in [0, 0.1) is 0 Å². The lowest BCUT2D eigenvalue weighted by molar-refractivity contribution is -0.139. The molecule has 3 rings (SSSR count). The average molecular weight is 607 g/mol. The smallest absolute Gasteiger partial charge is 0.244 e. The number of hydrogen-bond acceptors (Lipinski definition) is 5. The van der Waals surface area contributed by atoms with Gasteiger partial charge in [0.25, 0.3) is 0 Å². The molecule has 0 aliphatic heterocycles. The number of rotatable bonds is 13. The molecule has 0 heterocycles. The number of para-hydroxylation sites is 1. The number of nitrogens with zero attached hydrogens (tertiary/aromatic N) is 2. The number of amides is 2. The summed E-state index contributed by atoms with van der Waals surface area (Å²) in [5, 5.41) is 3.60. The highest BCUT2D eigenvalue weighted by atomic mass is 35.5. The van der Waals surface area contributed by atoms with Crippen LogP contribution in [-0.2, 0) is 26.2 Å². The van der Waals surface area contributed by atoms with E-state index in [-0.39, 0.29) is 18.1 Å². The van der Waals surface area contributed by atoms with E-state index < -0.39 is 28.5 Å². The second-order valence-electron chi connectivity index (χ2n) is 9.26. The molecule has 11 heteroatoms. The number of carbonyl (C=O) groups excluding carboxylic acids is 2. The molecule has 0 saturated carbocycles. The number of anilines is 1. The Labute approximate surface area is 245 Å². The maximum absolute atomic E-state index is 13.7. The molecule has 2 amide bonds. The number of hydrogen-bond donors (Lipinski definition) is 1. The van der Waals surface area contributed by atoms with Crippen LogP contribution in [-0.4, -0.2) is 50.5 Å². The third-order valence-corrected chi connectivity index (χ3v) is 7.86. The molecule has 0 aliphatic rings. The lowest BCUT2D eigenvalue weighted by Crippen LogP contribution is -2.51. The van der Waals surface area contributed by atoms with E-state index in [0.29, 0.717) is 33.7 Å². The molecule has 1 atom stereocenters. The number of unbranched alkanes of at least 4 members (excludes halogenated alkanes) is 1. The molecule has 0 unspecified atom stereocenters. The topological polar surface area (TPSA) is 96.0 Å². The van der Waals surface area contributed by atoms with Gasteiger partial charge < -0.3 is 15.0 Å². The standard InChI is InChI=1S/C29H33Cl2N3O5S/c1-4-5-17-32-29(36)21(2)33(19-22-11-12-23(30)18-27(22)31)28(35)20-34(40(3,37)38)24-13-15-26(16-14-24)39-25-9-7-6-8-10-25/h6-16,18,21H,4-5,17,19-20H2,1-3H3,(H,32,36)/t21-/m0/s1. The van der Waals surface area contributed by atoms with Crippen molar-refractivity contribution >= 4 is 50.7 Å². The summed E-state index contributed by atoms with van der Waals surface area (Å²) in [5.74, 6) is 0.221. The van der Waals surface area contributed by atoms with Gasteiger partial charge in [0, 0.05) is 23.1 Å². The van der Waals surface area contributed by atoms with E-state index in [9.17, 15) is 18.0 Å². The first-order valence-corrected chi connectivity index (χ1v) is 15.4. The fourth-order valence-corrected chi connectivity index (χ4v) is 5.19. The van der Waals surface area contributed by atoms with Gasteiger partial charge in [0.15, 0.2) is 0 Å². The van der Waals surface area contributed by atoms with E-state index >= 15 is 0 Å². The fourth-order valence-electron chi connectivity index (χ4n) is 3.87. The van der Waals surface area contributed by atoms with Crippen molar-refractivity contribution in [2.75, 3.05) is 23.7 Å². The number of carbonyl (C=O) groups is 2. The van der Waals surface area contributed by atoms with Crippen molar-refractivity contribution in [3.63, 3.8) is 0 Å². The molecule has 0 bridgehead atoms. The highest BCUT2D eigenvalue weighted by molar-refractivity contribution is 7.92. The Hall–Kier alpha value is -3.27. The van der Waals surface area contributed by atoms with Gasteiger partial charge in [-0.15, -0.1) is 0 Å². The summed E-state index contributed by atoms with van der Waals surface area (Å²) < 4.78 is 32.4. The Bertz CT molecular complexity index is 1400. The maximum Gasteiger partial charge on any atom is 0.244 e. The Morgan fingerprint density at radius 3 is 2.23 bits per heavy atom. The number of benzene rings is 3. The first-order valence-electron chi connectivity index (χ1n) is 12.8. The molecule has 0 fully saturated rings. The lowest BCUT2D eigenvalue weighted by atomic mass is 10.1. The van der Waals surface area contributed by atoms with Crippen molar-refractivity contribution < 1.29 is 22.7 Å². The first kappa shape index (κ1) is 31.3. The molecular weight excluding hydrogens is 573 g/mol. The van der Waals surface area contributed by atoms with Crippen molar-refractivity contribution in [1.82, 2.24) is 10.2 Å². The number of ether oxygens (including phenoxy) is 1. The van der Waals surface area contributed by atoms with Crippen LogP contribution in [0.3, 0.4) is 0 Å². The molecule has 3 aromatic carbocycles.